The molecule has 0 saturated carbocycles. The summed E-state index contributed by atoms with van der Waals surface area (Å²) < 4.78 is 9.87. The Morgan fingerprint density at radius 1 is 1.26 bits per heavy atom. The molecule has 7 nitrogen and oxygen atoms in total. The van der Waals surface area contributed by atoms with Gasteiger partial charge in [-0.1, -0.05) is 30.3 Å². The van der Waals surface area contributed by atoms with Crippen molar-refractivity contribution in [2.24, 2.45) is 5.10 Å². The van der Waals surface area contributed by atoms with Crippen LogP contribution in [0.3, 0.4) is 0 Å². The molecule has 2 aromatic rings. The molecule has 3 N–H and O–H groups in total. The molecular weight excluding hydrogens is 300 g/mol. The molecule has 0 saturated heterocycles. The highest BCUT2D eigenvalue weighted by molar-refractivity contribution is 5.83. The zero-order valence-corrected chi connectivity index (χ0v) is 12.4. The van der Waals surface area contributed by atoms with E-state index in [2.05, 4.69) is 10.5 Å². The van der Waals surface area contributed by atoms with E-state index in [1.165, 1.54) is 25.5 Å². The number of amides is 1. The van der Waals surface area contributed by atoms with E-state index < -0.39 is 6.09 Å². The normalized spacial score (nSPS) is 10.5. The van der Waals surface area contributed by atoms with Gasteiger partial charge in [-0.3, -0.25) is 0 Å². The molecule has 0 aliphatic heterocycles. The number of ether oxygens (including phenoxy) is 2. The van der Waals surface area contributed by atoms with Gasteiger partial charge in [0.25, 0.3) is 0 Å². The van der Waals surface area contributed by atoms with Crippen molar-refractivity contribution >= 4 is 12.3 Å². The summed E-state index contributed by atoms with van der Waals surface area (Å²) in [7, 11) is 1.36. The third-order valence-electron chi connectivity index (χ3n) is 2.88. The number of nitrogens with one attached hydrogen (secondary N) is 1. The van der Waals surface area contributed by atoms with Crippen LogP contribution in [0.1, 0.15) is 11.1 Å². The van der Waals surface area contributed by atoms with Gasteiger partial charge in [0.05, 0.1) is 13.3 Å². The Hall–Kier alpha value is -3.22. The predicted molar refractivity (Wildman–Crippen MR) is 83.7 cm³/mol. The zero-order chi connectivity index (χ0) is 16.7. The Morgan fingerprint density at radius 2 is 2.00 bits per heavy atom. The lowest BCUT2D eigenvalue weighted by Gasteiger charge is -2.06. The lowest BCUT2D eigenvalue weighted by Crippen LogP contribution is -2.18. The number of rotatable bonds is 5. The monoisotopic (exact) mass is 316 g/mol. The molecule has 0 atom stereocenters. The number of hydrogen-bond acceptors (Lipinski definition) is 6. The van der Waals surface area contributed by atoms with E-state index in [9.17, 15) is 15.0 Å². The predicted octanol–water partition coefficient (Wildman–Crippen LogP) is 2.37. The van der Waals surface area contributed by atoms with Crippen LogP contribution in [0.5, 0.6) is 17.2 Å². The second kappa shape index (κ2) is 7.69. The van der Waals surface area contributed by atoms with Crippen molar-refractivity contribution in [1.82, 2.24) is 5.43 Å². The van der Waals surface area contributed by atoms with Crippen LogP contribution in [0, 0.1) is 0 Å². The van der Waals surface area contributed by atoms with Gasteiger partial charge < -0.3 is 19.7 Å². The van der Waals surface area contributed by atoms with Gasteiger partial charge in [0, 0.05) is 5.56 Å². The quantitative estimate of drug-likeness (QED) is 0.447. The van der Waals surface area contributed by atoms with Gasteiger partial charge in [0.15, 0.2) is 11.5 Å². The Kier molecular flexibility index (Phi) is 5.40. The van der Waals surface area contributed by atoms with Gasteiger partial charge in [-0.15, -0.1) is 0 Å². The minimum absolute atomic E-state index is 0.0955. The smallest absolute Gasteiger partial charge is 0.428 e. The molecule has 2 aromatic carbocycles. The van der Waals surface area contributed by atoms with E-state index in [0.717, 1.165) is 5.56 Å². The first kappa shape index (κ1) is 16.2. The van der Waals surface area contributed by atoms with Crippen LogP contribution in [0.15, 0.2) is 47.6 Å². The first-order valence-corrected chi connectivity index (χ1v) is 6.70. The van der Waals surface area contributed by atoms with E-state index in [1.807, 2.05) is 30.3 Å². The summed E-state index contributed by atoms with van der Waals surface area (Å²) in [6.07, 6.45) is 0.575. The topological polar surface area (TPSA) is 100 Å². The van der Waals surface area contributed by atoms with Crippen LogP contribution in [0.25, 0.3) is 0 Å². The Labute approximate surface area is 132 Å². The summed E-state index contributed by atoms with van der Waals surface area (Å²) in [5.74, 6) is -0.615. The highest BCUT2D eigenvalue weighted by Crippen LogP contribution is 2.35. The third-order valence-corrected chi connectivity index (χ3v) is 2.88. The fraction of sp³-hybridized carbons (Fsp3) is 0.125. The number of carbonyl (C=O) groups excluding carboxylic acids is 1. The lowest BCUT2D eigenvalue weighted by molar-refractivity contribution is 0.140. The summed E-state index contributed by atoms with van der Waals surface area (Å²) >= 11 is 0. The number of hydrazone groups is 1. The number of methoxy groups -OCH3 is 1. The van der Waals surface area contributed by atoms with Crippen molar-refractivity contribution in [3.8, 4) is 17.2 Å². The second-order valence-electron chi connectivity index (χ2n) is 4.52. The maximum atomic E-state index is 11.5. The average molecular weight is 316 g/mol. The largest absolute Gasteiger partial charge is 0.504 e. The number of nitrogens with zero attached hydrogens (tertiary/aromatic N) is 1. The number of benzene rings is 2. The molecule has 0 radical (unpaired) electrons. The second-order valence-corrected chi connectivity index (χ2v) is 4.52. The van der Waals surface area contributed by atoms with Crippen molar-refractivity contribution in [3.05, 3.63) is 53.6 Å². The van der Waals surface area contributed by atoms with Gasteiger partial charge in [0.2, 0.25) is 5.75 Å². The molecule has 0 bridgehead atoms. The van der Waals surface area contributed by atoms with E-state index >= 15 is 0 Å². The van der Waals surface area contributed by atoms with Crippen LogP contribution in [0.2, 0.25) is 0 Å². The molecule has 120 valence electrons. The van der Waals surface area contributed by atoms with Crippen LogP contribution in [-0.2, 0) is 11.3 Å². The van der Waals surface area contributed by atoms with Crippen LogP contribution >= 0.6 is 0 Å². The molecule has 2 rings (SSSR count). The summed E-state index contributed by atoms with van der Waals surface area (Å²) in [5, 5.41) is 22.7. The lowest BCUT2D eigenvalue weighted by atomic mass is 10.2. The van der Waals surface area contributed by atoms with Crippen molar-refractivity contribution < 1.29 is 24.5 Å². The third kappa shape index (κ3) is 4.63. The maximum absolute atomic E-state index is 11.5. The summed E-state index contributed by atoms with van der Waals surface area (Å²) in [4.78, 5) is 11.5. The maximum Gasteiger partial charge on any atom is 0.428 e. The Morgan fingerprint density at radius 3 is 2.70 bits per heavy atom. The van der Waals surface area contributed by atoms with Crippen LogP contribution in [-0.4, -0.2) is 29.6 Å². The molecule has 0 aliphatic rings. The van der Waals surface area contributed by atoms with Crippen molar-refractivity contribution in [3.63, 3.8) is 0 Å². The molecular formula is C16H16N2O5. The molecule has 0 heterocycles. The molecule has 23 heavy (non-hydrogen) atoms. The van der Waals surface area contributed by atoms with Gasteiger partial charge in [0.1, 0.15) is 6.61 Å². The SMILES string of the molecule is COc1cc(/C=N/NC(=O)OCc2ccccc2)cc(O)c1O. The first-order chi connectivity index (χ1) is 11.1. The molecule has 0 aromatic heterocycles. The Bertz CT molecular complexity index is 701. The van der Waals surface area contributed by atoms with Gasteiger partial charge >= 0.3 is 6.09 Å². The minimum Gasteiger partial charge on any atom is -0.504 e. The summed E-state index contributed by atoms with van der Waals surface area (Å²) in [6, 6.07) is 12.0. The van der Waals surface area contributed by atoms with Crippen molar-refractivity contribution in [2.45, 2.75) is 6.61 Å². The fourth-order valence-corrected chi connectivity index (χ4v) is 1.76. The summed E-state index contributed by atoms with van der Waals surface area (Å²) in [5.41, 5.74) is 3.49. The Balaban J connectivity index is 1.89. The molecule has 7 heteroatoms. The highest BCUT2D eigenvalue weighted by Gasteiger charge is 2.08. The highest BCUT2D eigenvalue weighted by atomic mass is 16.6. The number of phenolic OH excluding ortho intramolecular Hbond substituents is 2. The van der Waals surface area contributed by atoms with Gasteiger partial charge in [-0.25, -0.2) is 10.2 Å². The molecule has 0 aliphatic carbocycles. The van der Waals surface area contributed by atoms with E-state index in [4.69, 9.17) is 9.47 Å². The average Bonchev–Trinajstić information content (AvgIpc) is 2.57. The van der Waals surface area contributed by atoms with Crippen molar-refractivity contribution in [2.75, 3.05) is 7.11 Å². The zero-order valence-electron chi connectivity index (χ0n) is 12.4. The summed E-state index contributed by atoms with van der Waals surface area (Å²) in [6.45, 7) is 0.135. The van der Waals surface area contributed by atoms with E-state index in [1.54, 1.807) is 0 Å². The fourth-order valence-electron chi connectivity index (χ4n) is 1.76. The number of aromatic hydroxyl groups is 2. The molecule has 1 amide bonds. The number of phenols is 2. The van der Waals surface area contributed by atoms with Crippen LogP contribution in [0.4, 0.5) is 4.79 Å². The standard InChI is InChI=1S/C16H16N2O5/c1-22-14-8-12(7-13(19)15(14)20)9-17-18-16(21)23-10-11-5-3-2-4-6-11/h2-9,19-20H,10H2,1H3,(H,18,21)/b17-9+. The van der Waals surface area contributed by atoms with Gasteiger partial charge in [-0.05, 0) is 17.7 Å². The van der Waals surface area contributed by atoms with Gasteiger partial charge in [-0.2, -0.15) is 5.10 Å². The van der Waals surface area contributed by atoms with Crippen LogP contribution < -0.4 is 10.2 Å². The first-order valence-electron chi connectivity index (χ1n) is 6.70. The van der Waals surface area contributed by atoms with E-state index in [0.29, 0.717) is 5.56 Å². The minimum atomic E-state index is -0.708. The number of hydrogen-bond donors (Lipinski definition) is 3. The molecule has 0 spiro atoms. The van der Waals surface area contributed by atoms with E-state index in [-0.39, 0.29) is 23.9 Å². The molecule has 0 unspecified atom stereocenters. The number of carbonyl (C=O) groups is 1. The molecule has 0 fully saturated rings. The van der Waals surface area contributed by atoms with Crippen molar-refractivity contribution in [1.29, 1.82) is 0 Å².